The van der Waals surface area contributed by atoms with E-state index in [4.69, 9.17) is 21.4 Å². The van der Waals surface area contributed by atoms with E-state index in [9.17, 15) is 14.4 Å². The minimum absolute atomic E-state index is 0.0127. The number of aliphatic carboxylic acids is 1. The number of rotatable bonds is 6. The largest absolute Gasteiger partial charge is 0.480 e. The Kier molecular flexibility index (Phi) is 5.80. The number of carboxylic acid groups (broad SMARTS) is 1. The van der Waals surface area contributed by atoms with Gasteiger partial charge in [0.25, 0.3) is 0 Å². The number of halogens is 1. The lowest BCUT2D eigenvalue weighted by atomic mass is 9.92. The maximum absolute atomic E-state index is 12.6. The Morgan fingerprint density at radius 3 is 2.79 bits per heavy atom. The van der Waals surface area contributed by atoms with E-state index >= 15 is 0 Å². The molecule has 0 bridgehead atoms. The van der Waals surface area contributed by atoms with Gasteiger partial charge in [0.15, 0.2) is 6.04 Å². The van der Waals surface area contributed by atoms with Crippen molar-refractivity contribution < 1.29 is 24.2 Å². The second-order valence-electron chi connectivity index (χ2n) is 5.67. The van der Waals surface area contributed by atoms with Crippen LogP contribution in [0.25, 0.3) is 0 Å². The first-order chi connectivity index (χ1) is 11.3. The zero-order valence-corrected chi connectivity index (χ0v) is 14.1. The molecule has 0 radical (unpaired) electrons. The van der Waals surface area contributed by atoms with Gasteiger partial charge in [0.1, 0.15) is 0 Å². The summed E-state index contributed by atoms with van der Waals surface area (Å²) in [4.78, 5) is 37.3. The molecule has 0 aromatic heterocycles. The van der Waals surface area contributed by atoms with Crippen molar-refractivity contribution >= 4 is 29.4 Å². The van der Waals surface area contributed by atoms with Crippen molar-refractivity contribution in [1.82, 2.24) is 10.2 Å². The first kappa shape index (κ1) is 18.2. The second-order valence-corrected chi connectivity index (χ2v) is 6.11. The summed E-state index contributed by atoms with van der Waals surface area (Å²) in [5, 5.41) is 12.1. The number of hydrogen-bond donors (Lipinski definition) is 2. The van der Waals surface area contributed by atoms with Gasteiger partial charge < -0.3 is 20.1 Å². The third kappa shape index (κ3) is 3.85. The lowest BCUT2D eigenvalue weighted by molar-refractivity contribution is -0.144. The maximum Gasteiger partial charge on any atom is 0.328 e. The number of carbonyl (C=O) groups is 3. The highest BCUT2D eigenvalue weighted by atomic mass is 35.5. The van der Waals surface area contributed by atoms with E-state index < -0.39 is 29.9 Å². The quantitative estimate of drug-likeness (QED) is 0.796. The van der Waals surface area contributed by atoms with E-state index in [1.54, 1.807) is 31.3 Å². The Balaban J connectivity index is 2.24. The minimum Gasteiger partial charge on any atom is -0.480 e. The van der Waals surface area contributed by atoms with E-state index in [-0.39, 0.29) is 18.9 Å². The molecule has 1 aromatic carbocycles. The number of carbonyl (C=O) groups excluding carboxylic acids is 2. The van der Waals surface area contributed by atoms with Crippen molar-refractivity contribution in [3.63, 3.8) is 0 Å². The minimum atomic E-state index is -1.19. The molecule has 0 spiro atoms. The molecule has 1 aromatic rings. The van der Waals surface area contributed by atoms with Crippen LogP contribution < -0.4 is 5.32 Å². The van der Waals surface area contributed by atoms with Gasteiger partial charge >= 0.3 is 5.97 Å². The van der Waals surface area contributed by atoms with Crippen LogP contribution in [0.15, 0.2) is 24.3 Å². The zero-order chi connectivity index (χ0) is 17.9. The van der Waals surface area contributed by atoms with Gasteiger partial charge in [-0.3, -0.25) is 9.59 Å². The molecule has 8 heteroatoms. The number of nitrogens with zero attached hydrogens (tertiary/aromatic N) is 1. The van der Waals surface area contributed by atoms with Crippen LogP contribution in [0, 0.1) is 5.92 Å². The number of benzene rings is 1. The first-order valence-corrected chi connectivity index (χ1v) is 7.76. The Labute approximate surface area is 144 Å². The van der Waals surface area contributed by atoms with Crippen molar-refractivity contribution in [2.24, 2.45) is 5.92 Å². The van der Waals surface area contributed by atoms with Crippen LogP contribution in [-0.4, -0.2) is 54.6 Å². The molecule has 3 atom stereocenters. The SMILES string of the molecule is COCC(NC(=O)C1CC(=O)N(C)C1c1cccc(Cl)c1)C(=O)O. The molecule has 2 amide bonds. The van der Waals surface area contributed by atoms with E-state index in [0.717, 1.165) is 5.56 Å². The van der Waals surface area contributed by atoms with E-state index in [2.05, 4.69) is 5.32 Å². The number of carboxylic acids is 1. The number of hydrogen-bond acceptors (Lipinski definition) is 4. The highest BCUT2D eigenvalue weighted by molar-refractivity contribution is 6.30. The zero-order valence-electron chi connectivity index (χ0n) is 13.4. The molecule has 2 rings (SSSR count). The lowest BCUT2D eigenvalue weighted by Gasteiger charge is -2.26. The Hall–Kier alpha value is -2.12. The van der Waals surface area contributed by atoms with Crippen molar-refractivity contribution in [2.45, 2.75) is 18.5 Å². The van der Waals surface area contributed by atoms with Gasteiger partial charge in [-0.2, -0.15) is 0 Å². The van der Waals surface area contributed by atoms with Gasteiger partial charge in [-0.15, -0.1) is 0 Å². The predicted molar refractivity (Wildman–Crippen MR) is 86.5 cm³/mol. The average Bonchev–Trinajstić information content (AvgIpc) is 2.82. The average molecular weight is 355 g/mol. The number of likely N-dealkylation sites (tertiary alicyclic amines) is 1. The van der Waals surface area contributed by atoms with Crippen LogP contribution in [0.4, 0.5) is 0 Å². The molecule has 1 saturated heterocycles. The van der Waals surface area contributed by atoms with E-state index in [1.165, 1.54) is 12.0 Å². The summed E-state index contributed by atoms with van der Waals surface area (Å²) in [6.07, 6.45) is 0.0127. The molecule has 1 aliphatic rings. The number of amides is 2. The number of methoxy groups -OCH3 is 1. The normalized spacial score (nSPS) is 21.6. The van der Waals surface area contributed by atoms with Gasteiger partial charge in [-0.25, -0.2) is 4.79 Å². The fraction of sp³-hybridized carbons (Fsp3) is 0.438. The van der Waals surface area contributed by atoms with Crippen LogP contribution in [0.5, 0.6) is 0 Å². The predicted octanol–water partition coefficient (Wildman–Crippen LogP) is 1.08. The highest BCUT2D eigenvalue weighted by Crippen LogP contribution is 2.37. The Morgan fingerprint density at radius 2 is 2.21 bits per heavy atom. The first-order valence-electron chi connectivity index (χ1n) is 7.38. The Bertz CT molecular complexity index is 651. The maximum atomic E-state index is 12.6. The molecule has 1 heterocycles. The molecule has 1 fully saturated rings. The summed E-state index contributed by atoms with van der Waals surface area (Å²) in [7, 11) is 2.97. The van der Waals surface area contributed by atoms with Crippen LogP contribution in [0.2, 0.25) is 5.02 Å². The highest BCUT2D eigenvalue weighted by Gasteiger charge is 2.43. The molecule has 130 valence electrons. The molecule has 0 aliphatic carbocycles. The summed E-state index contributed by atoms with van der Waals surface area (Å²) in [6.45, 7) is -0.153. The summed E-state index contributed by atoms with van der Waals surface area (Å²) < 4.78 is 4.81. The van der Waals surface area contributed by atoms with Gasteiger partial charge in [-0.1, -0.05) is 23.7 Å². The van der Waals surface area contributed by atoms with Crippen LogP contribution >= 0.6 is 11.6 Å². The molecule has 3 unspecified atom stereocenters. The standard InChI is InChI=1S/C16H19ClN2O5/c1-19-13(20)7-11(14(19)9-4-3-5-10(17)6-9)15(21)18-12(8-24-2)16(22)23/h3-6,11-12,14H,7-8H2,1-2H3,(H,18,21)(H,22,23). The molecular formula is C16H19ClN2O5. The van der Waals surface area contributed by atoms with Gasteiger partial charge in [0.05, 0.1) is 18.6 Å². The molecule has 0 saturated carbocycles. The van der Waals surface area contributed by atoms with Gasteiger partial charge in [0.2, 0.25) is 11.8 Å². The van der Waals surface area contributed by atoms with Crippen LogP contribution in [0.3, 0.4) is 0 Å². The van der Waals surface area contributed by atoms with Crippen molar-refractivity contribution in [1.29, 1.82) is 0 Å². The third-order valence-corrected chi connectivity index (χ3v) is 4.30. The molecule has 1 aliphatic heterocycles. The van der Waals surface area contributed by atoms with E-state index in [0.29, 0.717) is 5.02 Å². The molecular weight excluding hydrogens is 336 g/mol. The molecule has 24 heavy (non-hydrogen) atoms. The number of ether oxygens (including phenoxy) is 1. The summed E-state index contributed by atoms with van der Waals surface area (Å²) >= 11 is 6.00. The lowest BCUT2D eigenvalue weighted by Crippen LogP contribution is -2.47. The molecule has 7 nitrogen and oxygen atoms in total. The molecule has 2 N–H and O–H groups in total. The fourth-order valence-electron chi connectivity index (χ4n) is 2.87. The second kappa shape index (κ2) is 7.63. The van der Waals surface area contributed by atoms with Gasteiger partial charge in [-0.05, 0) is 17.7 Å². The van der Waals surface area contributed by atoms with Crippen LogP contribution in [-0.2, 0) is 19.1 Å². The van der Waals surface area contributed by atoms with Gasteiger partial charge in [0, 0.05) is 25.6 Å². The Morgan fingerprint density at radius 1 is 1.50 bits per heavy atom. The monoisotopic (exact) mass is 354 g/mol. The number of nitrogens with one attached hydrogen (secondary N) is 1. The smallest absolute Gasteiger partial charge is 0.328 e. The topological polar surface area (TPSA) is 95.9 Å². The summed E-state index contributed by atoms with van der Waals surface area (Å²) in [5.41, 5.74) is 0.731. The third-order valence-electron chi connectivity index (χ3n) is 4.06. The van der Waals surface area contributed by atoms with Crippen LogP contribution in [0.1, 0.15) is 18.0 Å². The summed E-state index contributed by atoms with van der Waals surface area (Å²) in [6, 6.07) is 5.28. The van der Waals surface area contributed by atoms with Crippen molar-refractivity contribution in [3.8, 4) is 0 Å². The van der Waals surface area contributed by atoms with Crippen molar-refractivity contribution in [2.75, 3.05) is 20.8 Å². The van der Waals surface area contributed by atoms with Crippen molar-refractivity contribution in [3.05, 3.63) is 34.9 Å². The van der Waals surface area contributed by atoms with E-state index in [1.807, 2.05) is 0 Å². The fourth-order valence-corrected chi connectivity index (χ4v) is 3.07. The summed E-state index contributed by atoms with van der Waals surface area (Å²) in [5.74, 6) is -2.57.